The minimum Gasteiger partial charge on any atom is -0.444 e. The zero-order chi connectivity index (χ0) is 20.0. The lowest BCUT2D eigenvalue weighted by atomic mass is 10.2. The van der Waals surface area contributed by atoms with Crippen LogP contribution in [-0.4, -0.2) is 23.6 Å². The zero-order valence-corrected chi connectivity index (χ0v) is 17.4. The van der Waals surface area contributed by atoms with Crippen molar-refractivity contribution in [2.45, 2.75) is 39.3 Å². The fourth-order valence-electron chi connectivity index (χ4n) is 2.21. The van der Waals surface area contributed by atoms with Crippen LogP contribution < -0.4 is 16.0 Å². The summed E-state index contributed by atoms with van der Waals surface area (Å²) >= 11 is 3.50. The maximum absolute atomic E-state index is 12.5. The Morgan fingerprint density at radius 1 is 1.04 bits per heavy atom. The summed E-state index contributed by atoms with van der Waals surface area (Å²) in [5.74, 6) is -0.352. The van der Waals surface area contributed by atoms with Crippen molar-refractivity contribution in [3.8, 4) is 0 Å². The number of para-hydroxylation sites is 2. The van der Waals surface area contributed by atoms with Crippen LogP contribution in [0, 0.1) is 0 Å². The van der Waals surface area contributed by atoms with Gasteiger partial charge in [-0.2, -0.15) is 0 Å². The maximum atomic E-state index is 12.5. The average Bonchev–Trinajstić information content (AvgIpc) is 2.57. The first-order valence-corrected chi connectivity index (χ1v) is 9.36. The van der Waals surface area contributed by atoms with Gasteiger partial charge < -0.3 is 20.7 Å². The second-order valence-corrected chi connectivity index (χ2v) is 7.86. The van der Waals surface area contributed by atoms with Crippen LogP contribution in [-0.2, 0) is 9.53 Å². The van der Waals surface area contributed by atoms with Gasteiger partial charge >= 0.3 is 6.09 Å². The molecule has 2 amide bonds. The predicted octanol–water partition coefficient (Wildman–Crippen LogP) is 5.04. The van der Waals surface area contributed by atoms with E-state index in [0.29, 0.717) is 5.69 Å². The lowest BCUT2D eigenvalue weighted by Crippen LogP contribution is -2.44. The molecule has 0 saturated carbocycles. The molecule has 2 aromatic rings. The largest absolute Gasteiger partial charge is 0.444 e. The quantitative estimate of drug-likeness (QED) is 0.616. The predicted molar refractivity (Wildman–Crippen MR) is 111 cm³/mol. The van der Waals surface area contributed by atoms with Crippen molar-refractivity contribution < 1.29 is 14.3 Å². The van der Waals surface area contributed by atoms with Crippen molar-refractivity contribution in [3.63, 3.8) is 0 Å². The fraction of sp³-hybridized carbons (Fsp3) is 0.300. The standard InChI is InChI=1S/C20H24BrN3O3/c1-13(22-19(26)27-20(2,3)4)18(25)24-16-12-8-11-15(21)17(16)23-14-9-6-5-7-10-14/h5-13,23H,1-4H3,(H,22,26)(H,24,25)/t13-/m0/s1. The highest BCUT2D eigenvalue weighted by Gasteiger charge is 2.22. The van der Waals surface area contributed by atoms with Gasteiger partial charge in [0.2, 0.25) is 5.91 Å². The number of nitrogens with one attached hydrogen (secondary N) is 3. The molecule has 0 fully saturated rings. The van der Waals surface area contributed by atoms with Gasteiger partial charge in [0.05, 0.1) is 11.4 Å². The molecule has 27 heavy (non-hydrogen) atoms. The fourth-order valence-corrected chi connectivity index (χ4v) is 2.68. The molecule has 0 aliphatic carbocycles. The van der Waals surface area contributed by atoms with E-state index >= 15 is 0 Å². The minimum absolute atomic E-state index is 0.352. The van der Waals surface area contributed by atoms with Crippen molar-refractivity contribution in [1.82, 2.24) is 5.32 Å². The van der Waals surface area contributed by atoms with Gasteiger partial charge in [0.25, 0.3) is 0 Å². The van der Waals surface area contributed by atoms with Gasteiger partial charge in [0.15, 0.2) is 0 Å². The number of anilines is 3. The van der Waals surface area contributed by atoms with Gasteiger partial charge in [-0.25, -0.2) is 4.79 Å². The molecular formula is C20H24BrN3O3. The molecule has 0 spiro atoms. The Morgan fingerprint density at radius 2 is 1.70 bits per heavy atom. The van der Waals surface area contributed by atoms with Crippen LogP contribution in [0.25, 0.3) is 0 Å². The summed E-state index contributed by atoms with van der Waals surface area (Å²) < 4.78 is 5.98. The first-order valence-electron chi connectivity index (χ1n) is 8.56. The molecule has 0 radical (unpaired) electrons. The van der Waals surface area contributed by atoms with Crippen molar-refractivity contribution in [3.05, 3.63) is 53.0 Å². The molecule has 1 atom stereocenters. The molecular weight excluding hydrogens is 410 g/mol. The van der Waals surface area contributed by atoms with Gasteiger partial charge in [-0.1, -0.05) is 24.3 Å². The number of halogens is 1. The Hall–Kier alpha value is -2.54. The lowest BCUT2D eigenvalue weighted by molar-refractivity contribution is -0.117. The van der Waals surface area contributed by atoms with Crippen molar-refractivity contribution in [2.24, 2.45) is 0 Å². The molecule has 0 heterocycles. The average molecular weight is 434 g/mol. The molecule has 0 aromatic heterocycles. The highest BCUT2D eigenvalue weighted by Crippen LogP contribution is 2.33. The summed E-state index contributed by atoms with van der Waals surface area (Å²) in [5.41, 5.74) is 1.58. The van der Waals surface area contributed by atoms with E-state index in [-0.39, 0.29) is 5.91 Å². The number of ether oxygens (including phenoxy) is 1. The number of amides is 2. The van der Waals surface area contributed by atoms with Crippen molar-refractivity contribution in [1.29, 1.82) is 0 Å². The van der Waals surface area contributed by atoms with Crippen LogP contribution in [0.15, 0.2) is 53.0 Å². The third-order valence-corrected chi connectivity index (χ3v) is 4.10. The molecule has 144 valence electrons. The molecule has 3 N–H and O–H groups in total. The number of hydrogen-bond donors (Lipinski definition) is 3. The number of benzene rings is 2. The summed E-state index contributed by atoms with van der Waals surface area (Å²) in [6.07, 6.45) is -0.637. The van der Waals surface area contributed by atoms with Gasteiger partial charge in [-0.05, 0) is 67.9 Å². The van der Waals surface area contributed by atoms with E-state index in [1.807, 2.05) is 42.5 Å². The zero-order valence-electron chi connectivity index (χ0n) is 15.8. The summed E-state index contributed by atoms with van der Waals surface area (Å²) in [4.78, 5) is 24.4. The summed E-state index contributed by atoms with van der Waals surface area (Å²) in [5, 5.41) is 8.66. The Morgan fingerprint density at radius 3 is 2.33 bits per heavy atom. The van der Waals surface area contributed by atoms with Gasteiger partial charge in [0, 0.05) is 10.2 Å². The summed E-state index contributed by atoms with van der Waals surface area (Å²) in [6.45, 7) is 6.89. The van der Waals surface area contributed by atoms with E-state index in [1.54, 1.807) is 33.8 Å². The van der Waals surface area contributed by atoms with Crippen LogP contribution in [0.4, 0.5) is 21.9 Å². The first-order chi connectivity index (χ1) is 12.7. The van der Waals surface area contributed by atoms with Crippen LogP contribution >= 0.6 is 15.9 Å². The van der Waals surface area contributed by atoms with Gasteiger partial charge in [0.1, 0.15) is 11.6 Å². The molecule has 0 unspecified atom stereocenters. The molecule has 0 bridgehead atoms. The molecule has 2 rings (SSSR count). The lowest BCUT2D eigenvalue weighted by Gasteiger charge is -2.22. The minimum atomic E-state index is -0.761. The molecule has 0 aliphatic rings. The second-order valence-electron chi connectivity index (χ2n) is 7.01. The van der Waals surface area contributed by atoms with E-state index < -0.39 is 17.7 Å². The Kier molecular flexibility index (Phi) is 6.85. The highest BCUT2D eigenvalue weighted by molar-refractivity contribution is 9.10. The number of carbonyl (C=O) groups excluding carboxylic acids is 2. The van der Waals surface area contributed by atoms with Crippen molar-refractivity contribution in [2.75, 3.05) is 10.6 Å². The Bertz CT molecular complexity index is 804. The summed E-state index contributed by atoms with van der Waals surface area (Å²) in [6, 6.07) is 14.4. The molecule has 2 aromatic carbocycles. The SMILES string of the molecule is C[C@H](NC(=O)OC(C)(C)C)C(=O)Nc1cccc(Br)c1Nc1ccccc1. The number of carbonyl (C=O) groups is 2. The van der Waals surface area contributed by atoms with Crippen LogP contribution in [0.2, 0.25) is 0 Å². The molecule has 0 saturated heterocycles. The van der Waals surface area contributed by atoms with E-state index in [1.165, 1.54) is 0 Å². The Balaban J connectivity index is 2.09. The molecule has 7 heteroatoms. The third-order valence-electron chi connectivity index (χ3n) is 3.44. The Labute approximate surface area is 167 Å². The number of hydrogen-bond acceptors (Lipinski definition) is 4. The number of alkyl carbamates (subject to hydrolysis) is 1. The van der Waals surface area contributed by atoms with E-state index in [2.05, 4.69) is 31.9 Å². The summed E-state index contributed by atoms with van der Waals surface area (Å²) in [7, 11) is 0. The topological polar surface area (TPSA) is 79.5 Å². The van der Waals surface area contributed by atoms with Crippen LogP contribution in [0.1, 0.15) is 27.7 Å². The third kappa shape index (κ3) is 6.60. The monoisotopic (exact) mass is 433 g/mol. The van der Waals surface area contributed by atoms with Gasteiger partial charge in [-0.15, -0.1) is 0 Å². The second kappa shape index (κ2) is 8.90. The van der Waals surface area contributed by atoms with E-state index in [9.17, 15) is 9.59 Å². The highest BCUT2D eigenvalue weighted by atomic mass is 79.9. The maximum Gasteiger partial charge on any atom is 0.408 e. The van der Waals surface area contributed by atoms with Crippen molar-refractivity contribution >= 4 is 45.0 Å². The van der Waals surface area contributed by atoms with Gasteiger partial charge in [-0.3, -0.25) is 4.79 Å². The normalized spacial score (nSPS) is 12.0. The van der Waals surface area contributed by atoms with E-state index in [4.69, 9.17) is 4.74 Å². The first kappa shape index (κ1) is 20.8. The number of rotatable bonds is 5. The van der Waals surface area contributed by atoms with Crippen LogP contribution in [0.5, 0.6) is 0 Å². The van der Waals surface area contributed by atoms with Crippen LogP contribution in [0.3, 0.4) is 0 Å². The molecule has 0 aliphatic heterocycles. The van der Waals surface area contributed by atoms with E-state index in [0.717, 1.165) is 15.8 Å². The molecule has 6 nitrogen and oxygen atoms in total. The smallest absolute Gasteiger partial charge is 0.408 e.